The summed E-state index contributed by atoms with van der Waals surface area (Å²) >= 11 is 7.47. The summed E-state index contributed by atoms with van der Waals surface area (Å²) in [6.45, 7) is 0. The molecule has 0 fully saturated rings. The molecule has 5 heteroatoms. The summed E-state index contributed by atoms with van der Waals surface area (Å²) in [4.78, 5) is 13.5. The molecule has 0 atom stereocenters. The van der Waals surface area contributed by atoms with Gasteiger partial charge in [-0.05, 0) is 54.1 Å². The van der Waals surface area contributed by atoms with Crippen molar-refractivity contribution in [1.82, 2.24) is 0 Å². The van der Waals surface area contributed by atoms with Gasteiger partial charge in [-0.15, -0.1) is 11.8 Å². The first-order chi connectivity index (χ1) is 12.7. The van der Waals surface area contributed by atoms with E-state index in [9.17, 15) is 4.79 Å². The highest BCUT2D eigenvalue weighted by Crippen LogP contribution is 2.27. The standard InChI is InChI=1S/C21H15ClN2OS/c22-17-9-11-18(12-10-17)24-21(25)19-3-1-2-4-20(19)26-14-16-7-5-15(13-23)6-8-16/h1-12H,14H2,(H,24,25). The highest BCUT2D eigenvalue weighted by atomic mass is 35.5. The summed E-state index contributed by atoms with van der Waals surface area (Å²) in [6, 6.07) is 24.1. The van der Waals surface area contributed by atoms with Gasteiger partial charge in [-0.2, -0.15) is 5.26 Å². The predicted octanol–water partition coefficient (Wildman–Crippen LogP) is 5.76. The first kappa shape index (κ1) is 18.1. The van der Waals surface area contributed by atoms with Crippen LogP contribution in [0.15, 0.2) is 77.7 Å². The molecule has 1 N–H and O–H groups in total. The Bertz CT molecular complexity index is 947. The van der Waals surface area contributed by atoms with Gasteiger partial charge in [0.1, 0.15) is 0 Å². The summed E-state index contributed by atoms with van der Waals surface area (Å²) < 4.78 is 0. The van der Waals surface area contributed by atoms with Crippen LogP contribution in [0.2, 0.25) is 5.02 Å². The van der Waals surface area contributed by atoms with Crippen molar-refractivity contribution >= 4 is 35.0 Å². The molecule has 0 radical (unpaired) electrons. The maximum atomic E-state index is 12.6. The third kappa shape index (κ3) is 4.66. The molecular formula is C21H15ClN2OS. The Morgan fingerprint density at radius 3 is 2.38 bits per heavy atom. The molecule has 0 saturated heterocycles. The minimum Gasteiger partial charge on any atom is -0.322 e. The third-order valence-corrected chi connectivity index (χ3v) is 5.11. The van der Waals surface area contributed by atoms with Gasteiger partial charge in [0.2, 0.25) is 0 Å². The maximum absolute atomic E-state index is 12.6. The van der Waals surface area contributed by atoms with Crippen molar-refractivity contribution in [2.75, 3.05) is 5.32 Å². The van der Waals surface area contributed by atoms with Crippen molar-refractivity contribution in [2.24, 2.45) is 0 Å². The second-order valence-corrected chi connectivity index (χ2v) is 7.01. The van der Waals surface area contributed by atoms with E-state index < -0.39 is 0 Å². The summed E-state index contributed by atoms with van der Waals surface area (Å²) in [5.41, 5.74) is 3.07. The molecule has 3 nitrogen and oxygen atoms in total. The second-order valence-electron chi connectivity index (χ2n) is 5.55. The molecule has 3 rings (SSSR count). The molecule has 26 heavy (non-hydrogen) atoms. The normalized spacial score (nSPS) is 10.2. The molecule has 0 aliphatic carbocycles. The minimum absolute atomic E-state index is 0.157. The Labute approximate surface area is 161 Å². The number of nitrogens with zero attached hydrogens (tertiary/aromatic N) is 1. The van der Waals surface area contributed by atoms with Crippen LogP contribution in [0.5, 0.6) is 0 Å². The van der Waals surface area contributed by atoms with Gasteiger partial charge in [0.05, 0.1) is 17.2 Å². The second kappa shape index (κ2) is 8.57. The molecule has 1 amide bonds. The van der Waals surface area contributed by atoms with Crippen molar-refractivity contribution in [3.63, 3.8) is 0 Å². The van der Waals surface area contributed by atoms with Crippen molar-refractivity contribution < 1.29 is 4.79 Å². The smallest absolute Gasteiger partial charge is 0.256 e. The fraction of sp³-hybridized carbons (Fsp3) is 0.0476. The number of rotatable bonds is 5. The zero-order valence-corrected chi connectivity index (χ0v) is 15.3. The predicted molar refractivity (Wildman–Crippen MR) is 107 cm³/mol. The number of carbonyl (C=O) groups excluding carboxylic acids is 1. The third-order valence-electron chi connectivity index (χ3n) is 3.71. The van der Waals surface area contributed by atoms with E-state index in [1.807, 2.05) is 36.4 Å². The Hall–Kier alpha value is -2.74. The molecule has 0 unspecified atom stereocenters. The average Bonchev–Trinajstić information content (AvgIpc) is 2.68. The Balaban J connectivity index is 1.71. The number of nitriles is 1. The van der Waals surface area contributed by atoms with Crippen LogP contribution in [-0.4, -0.2) is 5.91 Å². The number of carbonyl (C=O) groups is 1. The van der Waals surface area contributed by atoms with Gasteiger partial charge in [-0.1, -0.05) is 35.9 Å². The Morgan fingerprint density at radius 2 is 1.69 bits per heavy atom. The molecule has 0 saturated carbocycles. The molecule has 128 valence electrons. The number of hydrogen-bond acceptors (Lipinski definition) is 3. The molecule has 0 aliphatic heterocycles. The summed E-state index contributed by atoms with van der Waals surface area (Å²) in [5, 5.41) is 12.4. The molecule has 3 aromatic carbocycles. The highest BCUT2D eigenvalue weighted by Gasteiger charge is 2.12. The minimum atomic E-state index is -0.157. The maximum Gasteiger partial charge on any atom is 0.256 e. The molecule has 3 aromatic rings. The van der Waals surface area contributed by atoms with E-state index in [0.29, 0.717) is 21.8 Å². The SMILES string of the molecule is N#Cc1ccc(CSc2ccccc2C(=O)Nc2ccc(Cl)cc2)cc1. The summed E-state index contributed by atoms with van der Waals surface area (Å²) in [5.74, 6) is 0.562. The zero-order valence-electron chi connectivity index (χ0n) is 13.8. The summed E-state index contributed by atoms with van der Waals surface area (Å²) in [6.07, 6.45) is 0. The van der Waals surface area contributed by atoms with Crippen molar-refractivity contribution in [1.29, 1.82) is 5.26 Å². The van der Waals surface area contributed by atoms with Crippen LogP contribution in [-0.2, 0) is 5.75 Å². The number of hydrogen-bond donors (Lipinski definition) is 1. The van der Waals surface area contributed by atoms with Crippen molar-refractivity contribution in [2.45, 2.75) is 10.6 Å². The number of halogens is 1. The van der Waals surface area contributed by atoms with Crippen LogP contribution in [0.4, 0.5) is 5.69 Å². The van der Waals surface area contributed by atoms with E-state index in [1.165, 1.54) is 0 Å². The van der Waals surface area contributed by atoms with Crippen LogP contribution in [0, 0.1) is 11.3 Å². The number of benzene rings is 3. The number of nitrogens with one attached hydrogen (secondary N) is 1. The average molecular weight is 379 g/mol. The Morgan fingerprint density at radius 1 is 1.00 bits per heavy atom. The van der Waals surface area contributed by atoms with Crippen molar-refractivity contribution in [3.05, 3.63) is 94.5 Å². The number of anilines is 1. The van der Waals surface area contributed by atoms with E-state index in [2.05, 4.69) is 11.4 Å². The van der Waals surface area contributed by atoms with E-state index >= 15 is 0 Å². The fourth-order valence-electron chi connectivity index (χ4n) is 2.35. The molecular weight excluding hydrogens is 364 g/mol. The van der Waals surface area contributed by atoms with Crippen molar-refractivity contribution in [3.8, 4) is 6.07 Å². The van der Waals surface area contributed by atoms with E-state index in [-0.39, 0.29) is 5.91 Å². The largest absolute Gasteiger partial charge is 0.322 e. The topological polar surface area (TPSA) is 52.9 Å². The molecule has 0 heterocycles. The Kier molecular flexibility index (Phi) is 5.96. The quantitative estimate of drug-likeness (QED) is 0.574. The van der Waals surface area contributed by atoms with Crippen LogP contribution in [0.25, 0.3) is 0 Å². The van der Waals surface area contributed by atoms with Gasteiger partial charge in [0.25, 0.3) is 5.91 Å². The van der Waals surface area contributed by atoms with E-state index in [0.717, 1.165) is 16.2 Å². The van der Waals surface area contributed by atoms with Crippen LogP contribution >= 0.6 is 23.4 Å². The molecule has 0 spiro atoms. The van der Waals surface area contributed by atoms with Gasteiger partial charge in [-0.3, -0.25) is 4.79 Å². The highest BCUT2D eigenvalue weighted by molar-refractivity contribution is 7.98. The van der Waals surface area contributed by atoms with Gasteiger partial charge < -0.3 is 5.32 Å². The van der Waals surface area contributed by atoms with Gasteiger partial charge in [0.15, 0.2) is 0 Å². The van der Waals surface area contributed by atoms with Crippen LogP contribution in [0.3, 0.4) is 0 Å². The van der Waals surface area contributed by atoms with E-state index in [4.69, 9.17) is 16.9 Å². The fourth-order valence-corrected chi connectivity index (χ4v) is 3.48. The molecule has 0 aliphatic rings. The monoisotopic (exact) mass is 378 g/mol. The summed E-state index contributed by atoms with van der Waals surface area (Å²) in [7, 11) is 0. The van der Waals surface area contributed by atoms with Gasteiger partial charge >= 0.3 is 0 Å². The van der Waals surface area contributed by atoms with Crippen LogP contribution in [0.1, 0.15) is 21.5 Å². The lowest BCUT2D eigenvalue weighted by atomic mass is 10.2. The van der Waals surface area contributed by atoms with Gasteiger partial charge in [-0.25, -0.2) is 0 Å². The molecule has 0 bridgehead atoms. The first-order valence-electron chi connectivity index (χ1n) is 7.93. The zero-order chi connectivity index (χ0) is 18.4. The first-order valence-corrected chi connectivity index (χ1v) is 9.30. The number of amides is 1. The lowest BCUT2D eigenvalue weighted by Gasteiger charge is -2.10. The van der Waals surface area contributed by atoms with E-state index in [1.54, 1.807) is 48.2 Å². The number of thioether (sulfide) groups is 1. The lowest BCUT2D eigenvalue weighted by Crippen LogP contribution is -2.12. The molecule has 0 aromatic heterocycles. The lowest BCUT2D eigenvalue weighted by molar-refractivity contribution is 0.102. The van der Waals surface area contributed by atoms with Gasteiger partial charge in [0, 0.05) is 21.4 Å². The van der Waals surface area contributed by atoms with Crippen LogP contribution < -0.4 is 5.32 Å².